The van der Waals surface area contributed by atoms with E-state index < -0.39 is 11.7 Å². The maximum Gasteiger partial charge on any atom is 0.416 e. The van der Waals surface area contributed by atoms with Gasteiger partial charge in [-0.25, -0.2) is 0 Å². The molecule has 1 saturated carbocycles. The van der Waals surface area contributed by atoms with Gasteiger partial charge in [0.25, 0.3) is 0 Å². The fourth-order valence-electron chi connectivity index (χ4n) is 3.27. The highest BCUT2D eigenvalue weighted by atomic mass is 35.5. The van der Waals surface area contributed by atoms with E-state index in [2.05, 4.69) is 10.6 Å². The minimum Gasteiger partial charge on any atom is -0.356 e. The molecule has 0 aromatic heterocycles. The third-order valence-corrected chi connectivity index (χ3v) is 4.73. The Morgan fingerprint density at radius 2 is 2.12 bits per heavy atom. The van der Waals surface area contributed by atoms with Gasteiger partial charge < -0.3 is 10.6 Å². The van der Waals surface area contributed by atoms with E-state index in [9.17, 15) is 18.0 Å². The molecule has 0 spiro atoms. The Morgan fingerprint density at radius 3 is 2.79 bits per heavy atom. The molecule has 1 aromatic rings. The van der Waals surface area contributed by atoms with Gasteiger partial charge in [-0.2, -0.15) is 13.2 Å². The largest absolute Gasteiger partial charge is 0.416 e. The average molecular weight is 363 g/mol. The number of rotatable bonds is 4. The molecule has 3 rings (SSSR count). The molecule has 1 aliphatic carbocycles. The van der Waals surface area contributed by atoms with Crippen LogP contribution in [0.4, 0.5) is 13.2 Å². The molecule has 3 unspecified atom stereocenters. The fraction of sp³-hybridized carbons (Fsp3) is 0.588. The molecule has 1 heterocycles. The quantitative estimate of drug-likeness (QED) is 0.862. The zero-order valence-corrected chi connectivity index (χ0v) is 14.1. The maximum absolute atomic E-state index is 12.7. The Morgan fingerprint density at radius 1 is 1.33 bits per heavy atom. The molecule has 1 aliphatic heterocycles. The summed E-state index contributed by atoms with van der Waals surface area (Å²) < 4.78 is 38.2. The number of hydrogen-bond acceptors (Lipinski definition) is 2. The summed E-state index contributed by atoms with van der Waals surface area (Å²) in [4.78, 5) is 12.2. The van der Waals surface area contributed by atoms with Crippen LogP contribution in [-0.4, -0.2) is 25.5 Å². The number of carbonyl (C=O) groups excluding carboxylic acids is 1. The highest BCUT2D eigenvalue weighted by molar-refractivity contribution is 5.85. The van der Waals surface area contributed by atoms with Crippen molar-refractivity contribution in [2.75, 3.05) is 19.6 Å². The Kier molecular flexibility index (Phi) is 6.15. The molecule has 0 radical (unpaired) electrons. The van der Waals surface area contributed by atoms with Crippen LogP contribution in [0.15, 0.2) is 24.3 Å². The first-order valence-corrected chi connectivity index (χ1v) is 8.11. The summed E-state index contributed by atoms with van der Waals surface area (Å²) >= 11 is 0. The normalized spacial score (nSPS) is 26.4. The van der Waals surface area contributed by atoms with E-state index in [0.717, 1.165) is 32.0 Å². The van der Waals surface area contributed by atoms with E-state index in [1.54, 1.807) is 6.07 Å². The van der Waals surface area contributed by atoms with Crippen LogP contribution >= 0.6 is 12.4 Å². The molecule has 7 heteroatoms. The lowest BCUT2D eigenvalue weighted by atomic mass is 9.99. The van der Waals surface area contributed by atoms with Crippen LogP contribution in [-0.2, 0) is 11.0 Å². The second-order valence-corrected chi connectivity index (χ2v) is 6.53. The number of piperidine rings is 1. The molecule has 1 amide bonds. The number of amides is 1. The van der Waals surface area contributed by atoms with Gasteiger partial charge >= 0.3 is 6.18 Å². The molecule has 2 aliphatic rings. The highest BCUT2D eigenvalue weighted by Gasteiger charge is 2.44. The standard InChI is InChI=1S/C17H21F3N2O.ClH/c18-17(19,20)13-5-1-4-12(7-13)14-8-15(14)16(23)22-10-11-3-2-6-21-9-11;/h1,4-5,7,11,14-15,21H,2-3,6,8-10H2,(H,22,23);1H. The van der Waals surface area contributed by atoms with Crippen molar-refractivity contribution in [1.82, 2.24) is 10.6 Å². The highest BCUT2D eigenvalue weighted by Crippen LogP contribution is 2.48. The molecule has 24 heavy (non-hydrogen) atoms. The van der Waals surface area contributed by atoms with Crippen LogP contribution in [0.25, 0.3) is 0 Å². The van der Waals surface area contributed by atoms with Crippen molar-refractivity contribution in [1.29, 1.82) is 0 Å². The second-order valence-electron chi connectivity index (χ2n) is 6.53. The van der Waals surface area contributed by atoms with E-state index in [1.807, 2.05) is 0 Å². The summed E-state index contributed by atoms with van der Waals surface area (Å²) in [6.07, 6.45) is -1.47. The van der Waals surface area contributed by atoms with E-state index in [-0.39, 0.29) is 30.2 Å². The summed E-state index contributed by atoms with van der Waals surface area (Å²) in [6.45, 7) is 2.60. The third-order valence-electron chi connectivity index (χ3n) is 4.73. The maximum atomic E-state index is 12.7. The van der Waals surface area contributed by atoms with Gasteiger partial charge in [-0.1, -0.05) is 18.2 Å². The number of alkyl halides is 3. The van der Waals surface area contributed by atoms with Crippen molar-refractivity contribution in [2.24, 2.45) is 11.8 Å². The van der Waals surface area contributed by atoms with Crippen molar-refractivity contribution in [3.8, 4) is 0 Å². The van der Waals surface area contributed by atoms with Crippen molar-refractivity contribution in [2.45, 2.75) is 31.4 Å². The van der Waals surface area contributed by atoms with Crippen molar-refractivity contribution in [3.05, 3.63) is 35.4 Å². The zero-order chi connectivity index (χ0) is 16.4. The van der Waals surface area contributed by atoms with Crippen LogP contribution in [0.2, 0.25) is 0 Å². The first-order valence-electron chi connectivity index (χ1n) is 8.11. The van der Waals surface area contributed by atoms with Crippen molar-refractivity contribution in [3.63, 3.8) is 0 Å². The summed E-state index contributed by atoms with van der Waals surface area (Å²) in [7, 11) is 0. The van der Waals surface area contributed by atoms with Gasteiger partial charge in [-0.05, 0) is 55.8 Å². The number of nitrogens with one attached hydrogen (secondary N) is 2. The van der Waals surface area contributed by atoms with Gasteiger partial charge in [0.05, 0.1) is 5.56 Å². The fourth-order valence-corrected chi connectivity index (χ4v) is 3.27. The predicted molar refractivity (Wildman–Crippen MR) is 88.1 cm³/mol. The molecule has 1 aromatic carbocycles. The molecular formula is C17H22ClF3N2O. The van der Waals surface area contributed by atoms with Crippen LogP contribution < -0.4 is 10.6 Å². The van der Waals surface area contributed by atoms with E-state index in [4.69, 9.17) is 0 Å². The zero-order valence-electron chi connectivity index (χ0n) is 13.2. The summed E-state index contributed by atoms with van der Waals surface area (Å²) in [5.41, 5.74) is -0.0337. The molecule has 1 saturated heterocycles. The minimum atomic E-state index is -4.34. The first kappa shape index (κ1) is 19.1. The summed E-state index contributed by atoms with van der Waals surface area (Å²) in [5, 5.41) is 6.26. The average Bonchev–Trinajstić information content (AvgIpc) is 3.34. The summed E-state index contributed by atoms with van der Waals surface area (Å²) in [6, 6.07) is 5.33. The van der Waals surface area contributed by atoms with E-state index in [1.165, 1.54) is 12.1 Å². The van der Waals surface area contributed by atoms with Crippen LogP contribution in [0.3, 0.4) is 0 Å². The Hall–Kier alpha value is -1.27. The monoisotopic (exact) mass is 362 g/mol. The van der Waals surface area contributed by atoms with Crippen LogP contribution in [0.5, 0.6) is 0 Å². The molecule has 2 N–H and O–H groups in total. The minimum absolute atomic E-state index is 0. The Labute approximate surface area is 145 Å². The van der Waals surface area contributed by atoms with Crippen LogP contribution in [0.1, 0.15) is 36.3 Å². The van der Waals surface area contributed by atoms with E-state index in [0.29, 0.717) is 24.4 Å². The molecule has 0 bridgehead atoms. The van der Waals surface area contributed by atoms with Gasteiger partial charge in [-0.15, -0.1) is 12.4 Å². The second kappa shape index (κ2) is 7.74. The van der Waals surface area contributed by atoms with Gasteiger partial charge in [0.1, 0.15) is 0 Å². The van der Waals surface area contributed by atoms with Gasteiger partial charge in [0, 0.05) is 12.5 Å². The number of halogens is 4. The summed E-state index contributed by atoms with van der Waals surface area (Å²) in [5.74, 6) is 0.160. The number of benzene rings is 1. The van der Waals surface area contributed by atoms with E-state index >= 15 is 0 Å². The smallest absolute Gasteiger partial charge is 0.356 e. The predicted octanol–water partition coefficient (Wildman–Crippen LogP) is 3.35. The molecule has 134 valence electrons. The lowest BCUT2D eigenvalue weighted by Gasteiger charge is -2.22. The third kappa shape index (κ3) is 4.63. The lowest BCUT2D eigenvalue weighted by Crippen LogP contribution is -2.38. The van der Waals surface area contributed by atoms with Crippen molar-refractivity contribution < 1.29 is 18.0 Å². The lowest BCUT2D eigenvalue weighted by molar-refractivity contribution is -0.137. The van der Waals surface area contributed by atoms with Crippen molar-refractivity contribution >= 4 is 18.3 Å². The first-order chi connectivity index (χ1) is 10.9. The molecule has 2 fully saturated rings. The number of carbonyl (C=O) groups is 1. The van der Waals surface area contributed by atoms with Gasteiger partial charge in [-0.3, -0.25) is 4.79 Å². The Balaban J connectivity index is 0.00000208. The SMILES string of the molecule is Cl.O=C(NCC1CCCNC1)C1CC1c1cccc(C(F)(F)F)c1. The van der Waals surface area contributed by atoms with Gasteiger partial charge in [0.15, 0.2) is 0 Å². The molecular weight excluding hydrogens is 341 g/mol. The topological polar surface area (TPSA) is 41.1 Å². The molecule has 3 nitrogen and oxygen atoms in total. The Bertz CT molecular complexity index is 573. The van der Waals surface area contributed by atoms with Gasteiger partial charge in [0.2, 0.25) is 5.91 Å². The van der Waals surface area contributed by atoms with Crippen LogP contribution in [0, 0.1) is 11.8 Å². The number of hydrogen-bond donors (Lipinski definition) is 2. The molecule has 3 atom stereocenters.